The molecule has 19 heavy (non-hydrogen) atoms. The Kier molecular flexibility index (Phi) is 4.68. The third kappa shape index (κ3) is 3.40. The normalized spacial score (nSPS) is 12.9. The Morgan fingerprint density at radius 3 is 2.84 bits per heavy atom. The average Bonchev–Trinajstić information content (AvgIpc) is 2.85. The number of benzene rings is 1. The van der Waals surface area contributed by atoms with Crippen LogP contribution in [0.4, 0.5) is 0 Å². The van der Waals surface area contributed by atoms with Gasteiger partial charge in [0.15, 0.2) is 0 Å². The quantitative estimate of drug-likeness (QED) is 0.654. The second-order valence-electron chi connectivity index (χ2n) is 4.71. The van der Waals surface area contributed by atoms with Crippen molar-refractivity contribution in [2.75, 3.05) is 0 Å². The number of hydrogen-bond acceptors (Lipinski definition) is 4. The molecular formula is C13H18BrN5. The fourth-order valence-corrected chi connectivity index (χ4v) is 2.48. The predicted molar refractivity (Wildman–Crippen MR) is 78.3 cm³/mol. The number of rotatable bonds is 5. The van der Waals surface area contributed by atoms with Crippen LogP contribution in [0.25, 0.3) is 0 Å². The Labute approximate surface area is 121 Å². The molecule has 5 nitrogen and oxygen atoms in total. The highest BCUT2D eigenvalue weighted by Gasteiger charge is 2.18. The first-order chi connectivity index (χ1) is 9.11. The van der Waals surface area contributed by atoms with Crippen LogP contribution in [0.5, 0.6) is 0 Å². The van der Waals surface area contributed by atoms with E-state index in [2.05, 4.69) is 57.4 Å². The minimum absolute atomic E-state index is 0.0563. The van der Waals surface area contributed by atoms with Crippen molar-refractivity contribution < 1.29 is 0 Å². The lowest BCUT2D eigenvalue weighted by Crippen LogP contribution is -2.32. The predicted octanol–water partition coefficient (Wildman–Crippen LogP) is 2.37. The SMILES string of the molecule is CC(C)n1ncnc1C(Cc1cccc(Br)c1)NN. The van der Waals surface area contributed by atoms with Gasteiger partial charge in [0, 0.05) is 10.5 Å². The van der Waals surface area contributed by atoms with Crippen LogP contribution >= 0.6 is 15.9 Å². The van der Waals surface area contributed by atoms with E-state index in [1.807, 2.05) is 16.8 Å². The molecule has 0 bridgehead atoms. The van der Waals surface area contributed by atoms with Gasteiger partial charge in [0.05, 0.1) is 6.04 Å². The average molecular weight is 324 g/mol. The van der Waals surface area contributed by atoms with Gasteiger partial charge < -0.3 is 0 Å². The van der Waals surface area contributed by atoms with Gasteiger partial charge in [0.1, 0.15) is 12.2 Å². The Morgan fingerprint density at radius 2 is 2.21 bits per heavy atom. The molecule has 0 amide bonds. The maximum atomic E-state index is 5.68. The molecule has 0 aliphatic rings. The lowest BCUT2D eigenvalue weighted by atomic mass is 10.1. The van der Waals surface area contributed by atoms with E-state index in [0.717, 1.165) is 16.7 Å². The summed E-state index contributed by atoms with van der Waals surface area (Å²) in [4.78, 5) is 4.32. The molecule has 0 saturated heterocycles. The molecule has 6 heteroatoms. The molecule has 2 aromatic rings. The molecular weight excluding hydrogens is 306 g/mol. The van der Waals surface area contributed by atoms with Gasteiger partial charge in [-0.2, -0.15) is 5.10 Å². The van der Waals surface area contributed by atoms with Gasteiger partial charge in [0.25, 0.3) is 0 Å². The van der Waals surface area contributed by atoms with E-state index in [4.69, 9.17) is 5.84 Å². The Hall–Kier alpha value is -1.24. The van der Waals surface area contributed by atoms with Crippen molar-refractivity contribution in [1.29, 1.82) is 0 Å². The van der Waals surface area contributed by atoms with Gasteiger partial charge in [-0.25, -0.2) is 15.1 Å². The Morgan fingerprint density at radius 1 is 1.42 bits per heavy atom. The van der Waals surface area contributed by atoms with E-state index >= 15 is 0 Å². The van der Waals surface area contributed by atoms with Gasteiger partial charge in [-0.15, -0.1) is 0 Å². The summed E-state index contributed by atoms with van der Waals surface area (Å²) in [6.45, 7) is 4.15. The van der Waals surface area contributed by atoms with Gasteiger partial charge in [0.2, 0.25) is 0 Å². The van der Waals surface area contributed by atoms with E-state index < -0.39 is 0 Å². The van der Waals surface area contributed by atoms with Crippen LogP contribution in [0.3, 0.4) is 0 Å². The summed E-state index contributed by atoms with van der Waals surface area (Å²) in [5.74, 6) is 6.53. The monoisotopic (exact) mass is 323 g/mol. The minimum atomic E-state index is -0.0563. The number of nitrogens with zero attached hydrogens (tertiary/aromatic N) is 3. The first kappa shape index (κ1) is 14.2. The number of halogens is 1. The number of hydrogen-bond donors (Lipinski definition) is 2. The smallest absolute Gasteiger partial charge is 0.145 e. The molecule has 1 atom stereocenters. The highest BCUT2D eigenvalue weighted by atomic mass is 79.9. The van der Waals surface area contributed by atoms with Crippen LogP contribution in [-0.4, -0.2) is 14.8 Å². The number of nitrogens with one attached hydrogen (secondary N) is 1. The Bertz CT molecular complexity index is 537. The van der Waals surface area contributed by atoms with Crippen molar-refractivity contribution >= 4 is 15.9 Å². The van der Waals surface area contributed by atoms with Crippen LogP contribution < -0.4 is 11.3 Å². The topological polar surface area (TPSA) is 68.8 Å². The van der Waals surface area contributed by atoms with Crippen molar-refractivity contribution in [2.24, 2.45) is 5.84 Å². The molecule has 0 fully saturated rings. The van der Waals surface area contributed by atoms with Gasteiger partial charge in [-0.1, -0.05) is 28.1 Å². The maximum absolute atomic E-state index is 5.68. The highest BCUT2D eigenvalue weighted by Crippen LogP contribution is 2.20. The summed E-state index contributed by atoms with van der Waals surface area (Å²) in [6, 6.07) is 8.38. The standard InChI is InChI=1S/C13H18BrN5/c1-9(2)19-13(16-8-17-19)12(18-15)7-10-4-3-5-11(14)6-10/h3-6,8-9,12,18H,7,15H2,1-2H3. The third-order valence-corrected chi connectivity index (χ3v) is 3.42. The first-order valence-electron chi connectivity index (χ1n) is 6.21. The summed E-state index contributed by atoms with van der Waals surface area (Å²) >= 11 is 3.48. The van der Waals surface area contributed by atoms with Gasteiger partial charge in [-0.05, 0) is 38.0 Å². The zero-order chi connectivity index (χ0) is 13.8. The summed E-state index contributed by atoms with van der Waals surface area (Å²) in [5, 5.41) is 4.24. The molecule has 1 aromatic carbocycles. The molecule has 1 unspecified atom stereocenters. The summed E-state index contributed by atoms with van der Waals surface area (Å²) in [6.07, 6.45) is 2.34. The Balaban J connectivity index is 2.23. The number of hydrazine groups is 1. The summed E-state index contributed by atoms with van der Waals surface area (Å²) in [7, 11) is 0. The van der Waals surface area contributed by atoms with E-state index in [0.29, 0.717) is 0 Å². The van der Waals surface area contributed by atoms with E-state index in [-0.39, 0.29) is 12.1 Å². The molecule has 1 aromatic heterocycles. The summed E-state index contributed by atoms with van der Waals surface area (Å²) < 4.78 is 2.95. The van der Waals surface area contributed by atoms with E-state index in [1.165, 1.54) is 5.56 Å². The second-order valence-corrected chi connectivity index (χ2v) is 5.63. The lowest BCUT2D eigenvalue weighted by molar-refractivity contribution is 0.439. The molecule has 2 rings (SSSR count). The molecule has 0 spiro atoms. The third-order valence-electron chi connectivity index (χ3n) is 2.93. The van der Waals surface area contributed by atoms with Crippen LogP contribution in [0.15, 0.2) is 35.1 Å². The molecule has 0 aliphatic heterocycles. The van der Waals surface area contributed by atoms with Crippen molar-refractivity contribution in [3.8, 4) is 0 Å². The van der Waals surface area contributed by atoms with Crippen molar-refractivity contribution in [3.05, 3.63) is 46.5 Å². The van der Waals surface area contributed by atoms with Crippen LogP contribution in [0.2, 0.25) is 0 Å². The van der Waals surface area contributed by atoms with Crippen LogP contribution in [-0.2, 0) is 6.42 Å². The molecule has 0 aliphatic carbocycles. The zero-order valence-electron chi connectivity index (χ0n) is 11.0. The number of nitrogens with two attached hydrogens (primary N) is 1. The maximum Gasteiger partial charge on any atom is 0.145 e. The molecule has 102 valence electrons. The van der Waals surface area contributed by atoms with Crippen LogP contribution in [0.1, 0.15) is 37.3 Å². The van der Waals surface area contributed by atoms with Gasteiger partial charge in [-0.3, -0.25) is 5.84 Å². The van der Waals surface area contributed by atoms with E-state index in [1.54, 1.807) is 6.33 Å². The zero-order valence-corrected chi connectivity index (χ0v) is 12.6. The largest absolute Gasteiger partial charge is 0.271 e. The molecule has 0 saturated carbocycles. The number of aromatic nitrogens is 3. The fourth-order valence-electron chi connectivity index (χ4n) is 2.03. The highest BCUT2D eigenvalue weighted by molar-refractivity contribution is 9.10. The first-order valence-corrected chi connectivity index (χ1v) is 7.01. The van der Waals surface area contributed by atoms with Crippen LogP contribution in [0, 0.1) is 0 Å². The lowest BCUT2D eigenvalue weighted by Gasteiger charge is -2.18. The van der Waals surface area contributed by atoms with Gasteiger partial charge >= 0.3 is 0 Å². The fraction of sp³-hybridized carbons (Fsp3) is 0.385. The molecule has 3 N–H and O–H groups in total. The summed E-state index contributed by atoms with van der Waals surface area (Å²) in [5.41, 5.74) is 4.02. The van der Waals surface area contributed by atoms with Crippen molar-refractivity contribution in [1.82, 2.24) is 20.2 Å². The minimum Gasteiger partial charge on any atom is -0.271 e. The van der Waals surface area contributed by atoms with E-state index in [9.17, 15) is 0 Å². The second kappa shape index (κ2) is 6.27. The van der Waals surface area contributed by atoms with Crippen molar-refractivity contribution in [3.63, 3.8) is 0 Å². The molecule has 0 radical (unpaired) electrons. The van der Waals surface area contributed by atoms with Crippen molar-refractivity contribution in [2.45, 2.75) is 32.4 Å². The molecule has 1 heterocycles.